The maximum atomic E-state index is 6.12. The molecule has 1 saturated carbocycles. The number of anilines is 1. The molecule has 0 bridgehead atoms. The van der Waals surface area contributed by atoms with Crippen LogP contribution in [0.5, 0.6) is 5.88 Å². The van der Waals surface area contributed by atoms with Crippen LogP contribution in [0, 0.1) is 6.92 Å². The van der Waals surface area contributed by atoms with Crippen molar-refractivity contribution < 1.29 is 4.74 Å². The highest BCUT2D eigenvalue weighted by Crippen LogP contribution is 2.32. The van der Waals surface area contributed by atoms with Crippen LogP contribution in [0.4, 0.5) is 5.95 Å². The molecule has 0 radical (unpaired) electrons. The Kier molecular flexibility index (Phi) is 3.55. The van der Waals surface area contributed by atoms with Gasteiger partial charge in [0.15, 0.2) is 0 Å². The third-order valence-corrected chi connectivity index (χ3v) is 4.52. The van der Waals surface area contributed by atoms with Crippen molar-refractivity contribution in [3.8, 4) is 5.88 Å². The number of hydrogen-bond acceptors (Lipinski definition) is 5. The van der Waals surface area contributed by atoms with E-state index in [2.05, 4.69) is 23.0 Å². The molecule has 1 fully saturated rings. The summed E-state index contributed by atoms with van der Waals surface area (Å²) >= 11 is 1.64. The van der Waals surface area contributed by atoms with Crippen LogP contribution in [0.25, 0.3) is 10.2 Å². The van der Waals surface area contributed by atoms with E-state index in [0.717, 1.165) is 23.1 Å². The molecule has 3 rings (SSSR count). The lowest BCUT2D eigenvalue weighted by atomic mass is 10.1. The van der Waals surface area contributed by atoms with Crippen molar-refractivity contribution >= 4 is 27.5 Å². The summed E-state index contributed by atoms with van der Waals surface area (Å²) in [5, 5.41) is 1.00. The van der Waals surface area contributed by atoms with E-state index in [1.807, 2.05) is 0 Å². The predicted octanol–water partition coefficient (Wildman–Crippen LogP) is 3.68. The number of nitrogens with two attached hydrogens (primary N) is 1. The van der Waals surface area contributed by atoms with E-state index in [-0.39, 0.29) is 6.10 Å². The van der Waals surface area contributed by atoms with Crippen molar-refractivity contribution in [2.75, 3.05) is 5.73 Å². The van der Waals surface area contributed by atoms with E-state index in [4.69, 9.17) is 10.5 Å². The molecule has 1 aliphatic carbocycles. The molecule has 102 valence electrons. The zero-order chi connectivity index (χ0) is 13.2. The Labute approximate surface area is 117 Å². The normalized spacial score (nSPS) is 17.5. The molecule has 2 heterocycles. The lowest BCUT2D eigenvalue weighted by Crippen LogP contribution is -2.16. The third-order valence-electron chi connectivity index (χ3n) is 3.58. The number of nitrogens with zero attached hydrogens (tertiary/aromatic N) is 2. The Balaban J connectivity index is 1.90. The van der Waals surface area contributed by atoms with Crippen molar-refractivity contribution in [1.29, 1.82) is 0 Å². The topological polar surface area (TPSA) is 61.0 Å². The SMILES string of the molecule is Cc1cc2c(OC3CCCCCC3)nc(N)nc2s1. The molecule has 5 heteroatoms. The van der Waals surface area contributed by atoms with Gasteiger partial charge >= 0.3 is 0 Å². The first-order valence-corrected chi connectivity index (χ1v) is 7.74. The Morgan fingerprint density at radius 1 is 1.21 bits per heavy atom. The zero-order valence-electron chi connectivity index (χ0n) is 11.2. The van der Waals surface area contributed by atoms with Crippen LogP contribution >= 0.6 is 11.3 Å². The molecule has 0 unspecified atom stereocenters. The first-order valence-electron chi connectivity index (χ1n) is 6.93. The molecule has 2 aromatic heterocycles. The maximum absolute atomic E-state index is 6.12. The third kappa shape index (κ3) is 2.81. The molecule has 0 amide bonds. The van der Waals surface area contributed by atoms with E-state index in [0.29, 0.717) is 11.8 Å². The van der Waals surface area contributed by atoms with Gasteiger partial charge in [-0.05, 0) is 38.7 Å². The Morgan fingerprint density at radius 2 is 1.95 bits per heavy atom. The van der Waals surface area contributed by atoms with Crippen molar-refractivity contribution in [3.63, 3.8) is 0 Å². The van der Waals surface area contributed by atoms with E-state index in [1.165, 1.54) is 30.6 Å². The summed E-state index contributed by atoms with van der Waals surface area (Å²) in [6, 6.07) is 2.09. The Hall–Kier alpha value is -1.36. The van der Waals surface area contributed by atoms with Crippen LogP contribution in [0.2, 0.25) is 0 Å². The van der Waals surface area contributed by atoms with Gasteiger partial charge in [0, 0.05) is 4.88 Å². The first-order chi connectivity index (χ1) is 9.22. The van der Waals surface area contributed by atoms with Crippen LogP contribution in [0.1, 0.15) is 43.4 Å². The first kappa shape index (κ1) is 12.7. The van der Waals surface area contributed by atoms with E-state index in [9.17, 15) is 0 Å². The van der Waals surface area contributed by atoms with Gasteiger partial charge in [-0.3, -0.25) is 0 Å². The number of ether oxygens (including phenoxy) is 1. The van der Waals surface area contributed by atoms with Crippen molar-refractivity contribution in [3.05, 3.63) is 10.9 Å². The van der Waals surface area contributed by atoms with E-state index in [1.54, 1.807) is 11.3 Å². The monoisotopic (exact) mass is 277 g/mol. The van der Waals surface area contributed by atoms with Crippen LogP contribution in [0.15, 0.2) is 6.07 Å². The number of aromatic nitrogens is 2. The highest BCUT2D eigenvalue weighted by molar-refractivity contribution is 7.18. The van der Waals surface area contributed by atoms with Crippen LogP contribution in [-0.4, -0.2) is 16.1 Å². The molecule has 0 saturated heterocycles. The van der Waals surface area contributed by atoms with Gasteiger partial charge in [-0.2, -0.15) is 4.98 Å². The van der Waals surface area contributed by atoms with E-state index >= 15 is 0 Å². The Morgan fingerprint density at radius 3 is 2.68 bits per heavy atom. The summed E-state index contributed by atoms with van der Waals surface area (Å²) in [5.41, 5.74) is 5.77. The average molecular weight is 277 g/mol. The fraction of sp³-hybridized carbons (Fsp3) is 0.571. The minimum Gasteiger partial charge on any atom is -0.474 e. The fourth-order valence-electron chi connectivity index (χ4n) is 2.64. The second-order valence-electron chi connectivity index (χ2n) is 5.19. The fourth-order valence-corrected chi connectivity index (χ4v) is 3.52. The van der Waals surface area contributed by atoms with Gasteiger partial charge in [-0.1, -0.05) is 12.8 Å². The summed E-state index contributed by atoms with van der Waals surface area (Å²) in [7, 11) is 0. The molecular weight excluding hydrogens is 258 g/mol. The number of fused-ring (bicyclic) bond motifs is 1. The number of thiophene rings is 1. The number of aryl methyl sites for hydroxylation is 1. The second-order valence-corrected chi connectivity index (χ2v) is 6.43. The lowest BCUT2D eigenvalue weighted by Gasteiger charge is -2.16. The van der Waals surface area contributed by atoms with Crippen LogP contribution in [-0.2, 0) is 0 Å². The van der Waals surface area contributed by atoms with Crippen LogP contribution < -0.4 is 10.5 Å². The molecule has 2 aromatic rings. The molecule has 0 aromatic carbocycles. The van der Waals surface area contributed by atoms with Gasteiger partial charge in [-0.25, -0.2) is 4.98 Å². The minimum absolute atomic E-state index is 0.278. The standard InChI is InChI=1S/C14H19N3OS/c1-9-8-11-12(16-14(15)17-13(11)19-9)18-10-6-4-2-3-5-7-10/h8,10H,2-7H2,1H3,(H2,15,16,17). The van der Waals surface area contributed by atoms with Gasteiger partial charge in [0.05, 0.1) is 5.39 Å². The molecular formula is C14H19N3OS. The van der Waals surface area contributed by atoms with Gasteiger partial charge in [0.1, 0.15) is 10.9 Å². The molecule has 19 heavy (non-hydrogen) atoms. The smallest absolute Gasteiger partial charge is 0.227 e. The van der Waals surface area contributed by atoms with Crippen molar-refractivity contribution in [2.24, 2.45) is 0 Å². The molecule has 1 aliphatic rings. The highest BCUT2D eigenvalue weighted by atomic mass is 32.1. The molecule has 0 atom stereocenters. The van der Waals surface area contributed by atoms with Crippen molar-refractivity contribution in [2.45, 2.75) is 51.6 Å². The van der Waals surface area contributed by atoms with Gasteiger partial charge in [0.2, 0.25) is 11.8 Å². The molecule has 0 aliphatic heterocycles. The average Bonchev–Trinajstić information content (AvgIpc) is 2.59. The Bertz CT molecular complexity index is 573. The molecule has 4 nitrogen and oxygen atoms in total. The molecule has 2 N–H and O–H groups in total. The summed E-state index contributed by atoms with van der Waals surface area (Å²) in [5.74, 6) is 0.969. The highest BCUT2D eigenvalue weighted by Gasteiger charge is 2.17. The lowest BCUT2D eigenvalue weighted by molar-refractivity contribution is 0.179. The number of nitrogen functional groups attached to an aromatic ring is 1. The van der Waals surface area contributed by atoms with Gasteiger partial charge < -0.3 is 10.5 Å². The zero-order valence-corrected chi connectivity index (χ0v) is 12.0. The summed E-state index contributed by atoms with van der Waals surface area (Å²) in [6.07, 6.45) is 7.65. The van der Waals surface area contributed by atoms with Crippen molar-refractivity contribution in [1.82, 2.24) is 9.97 Å². The number of hydrogen-bond donors (Lipinski definition) is 1. The minimum atomic E-state index is 0.278. The second kappa shape index (κ2) is 5.33. The molecule has 0 spiro atoms. The number of rotatable bonds is 2. The van der Waals surface area contributed by atoms with Crippen LogP contribution in [0.3, 0.4) is 0 Å². The van der Waals surface area contributed by atoms with Gasteiger partial charge in [0.25, 0.3) is 0 Å². The predicted molar refractivity (Wildman–Crippen MR) is 78.7 cm³/mol. The summed E-state index contributed by atoms with van der Waals surface area (Å²) in [4.78, 5) is 10.7. The summed E-state index contributed by atoms with van der Waals surface area (Å²) < 4.78 is 6.12. The summed E-state index contributed by atoms with van der Waals surface area (Å²) in [6.45, 7) is 2.07. The van der Waals surface area contributed by atoms with E-state index < -0.39 is 0 Å². The van der Waals surface area contributed by atoms with Gasteiger partial charge in [-0.15, -0.1) is 11.3 Å². The largest absolute Gasteiger partial charge is 0.474 e. The maximum Gasteiger partial charge on any atom is 0.227 e. The quantitative estimate of drug-likeness (QED) is 0.850.